The first-order valence-corrected chi connectivity index (χ1v) is 7.50. The molecule has 1 aliphatic rings. The molecule has 2 aromatic rings. The van der Waals surface area contributed by atoms with Crippen molar-refractivity contribution >= 4 is 23.2 Å². The molecule has 23 heavy (non-hydrogen) atoms. The standard InChI is InChI=1S/C17H14ClF2NO2/c18-12-3-1-11(2-4-12)17(9-10-17)15(22)21-13-5-7-14(8-6-13)23-16(19)20/h1-8,16H,9-10H2,(H,21,22). The summed E-state index contributed by atoms with van der Waals surface area (Å²) in [5, 5.41) is 3.45. The van der Waals surface area contributed by atoms with Crippen molar-refractivity contribution in [1.29, 1.82) is 0 Å². The second-order valence-corrected chi connectivity index (χ2v) is 5.88. The lowest BCUT2D eigenvalue weighted by molar-refractivity contribution is -0.118. The molecule has 0 heterocycles. The largest absolute Gasteiger partial charge is 0.435 e. The molecule has 3 rings (SSSR count). The SMILES string of the molecule is O=C(Nc1ccc(OC(F)F)cc1)C1(c2ccc(Cl)cc2)CC1. The molecule has 3 nitrogen and oxygen atoms in total. The molecular formula is C17H14ClF2NO2. The van der Waals surface area contributed by atoms with Crippen LogP contribution in [0.2, 0.25) is 5.02 Å². The van der Waals surface area contributed by atoms with E-state index in [0.717, 1.165) is 18.4 Å². The zero-order valence-corrected chi connectivity index (χ0v) is 12.8. The van der Waals surface area contributed by atoms with Gasteiger partial charge in [-0.2, -0.15) is 8.78 Å². The maximum Gasteiger partial charge on any atom is 0.387 e. The molecule has 0 bridgehead atoms. The molecule has 1 fully saturated rings. The van der Waals surface area contributed by atoms with Crippen LogP contribution in [0.5, 0.6) is 5.75 Å². The minimum Gasteiger partial charge on any atom is -0.435 e. The van der Waals surface area contributed by atoms with Crippen LogP contribution >= 0.6 is 11.6 Å². The number of hydrogen-bond acceptors (Lipinski definition) is 2. The highest BCUT2D eigenvalue weighted by molar-refractivity contribution is 6.30. The summed E-state index contributed by atoms with van der Waals surface area (Å²) in [6, 6.07) is 13.1. The highest BCUT2D eigenvalue weighted by atomic mass is 35.5. The van der Waals surface area contributed by atoms with Gasteiger partial charge in [-0.15, -0.1) is 0 Å². The van der Waals surface area contributed by atoms with Crippen molar-refractivity contribution in [2.24, 2.45) is 0 Å². The molecule has 0 spiro atoms. The fourth-order valence-corrected chi connectivity index (χ4v) is 2.64. The number of carbonyl (C=O) groups excluding carboxylic acids is 1. The quantitative estimate of drug-likeness (QED) is 0.865. The van der Waals surface area contributed by atoms with E-state index in [0.29, 0.717) is 10.7 Å². The summed E-state index contributed by atoms with van der Waals surface area (Å²) in [5.74, 6) is -0.0563. The summed E-state index contributed by atoms with van der Waals surface area (Å²) in [4.78, 5) is 12.5. The molecule has 0 unspecified atom stereocenters. The maximum atomic E-state index is 12.5. The Morgan fingerprint density at radius 1 is 1.09 bits per heavy atom. The summed E-state index contributed by atoms with van der Waals surface area (Å²) >= 11 is 5.88. The van der Waals surface area contributed by atoms with E-state index in [4.69, 9.17) is 11.6 Å². The van der Waals surface area contributed by atoms with Gasteiger partial charge < -0.3 is 10.1 Å². The Bertz CT molecular complexity index is 698. The fraction of sp³-hybridized carbons (Fsp3) is 0.235. The van der Waals surface area contributed by atoms with E-state index in [1.807, 2.05) is 12.1 Å². The summed E-state index contributed by atoms with van der Waals surface area (Å²) in [6.45, 7) is -2.87. The first-order valence-electron chi connectivity index (χ1n) is 7.12. The predicted molar refractivity (Wildman–Crippen MR) is 84.1 cm³/mol. The Balaban J connectivity index is 1.70. The molecule has 1 N–H and O–H groups in total. The number of nitrogens with one attached hydrogen (secondary N) is 1. The molecule has 6 heteroatoms. The van der Waals surface area contributed by atoms with Crippen molar-refractivity contribution in [2.75, 3.05) is 5.32 Å². The zero-order chi connectivity index (χ0) is 16.4. The van der Waals surface area contributed by atoms with E-state index in [-0.39, 0.29) is 11.7 Å². The molecule has 0 saturated heterocycles. The van der Waals surface area contributed by atoms with Crippen LogP contribution in [0.3, 0.4) is 0 Å². The van der Waals surface area contributed by atoms with Crippen molar-refractivity contribution in [2.45, 2.75) is 24.9 Å². The van der Waals surface area contributed by atoms with Crippen molar-refractivity contribution in [1.82, 2.24) is 0 Å². The Morgan fingerprint density at radius 3 is 2.22 bits per heavy atom. The van der Waals surface area contributed by atoms with Crippen molar-refractivity contribution < 1.29 is 18.3 Å². The lowest BCUT2D eigenvalue weighted by Gasteiger charge is -2.16. The van der Waals surface area contributed by atoms with Crippen LogP contribution in [-0.4, -0.2) is 12.5 Å². The molecule has 1 aliphatic carbocycles. The van der Waals surface area contributed by atoms with Crippen LogP contribution < -0.4 is 10.1 Å². The van der Waals surface area contributed by atoms with Gasteiger partial charge in [0.25, 0.3) is 0 Å². The molecule has 1 saturated carbocycles. The number of ether oxygens (including phenoxy) is 1. The predicted octanol–water partition coefficient (Wildman–Crippen LogP) is 4.61. The second-order valence-electron chi connectivity index (χ2n) is 5.45. The number of anilines is 1. The van der Waals surface area contributed by atoms with Gasteiger partial charge in [0.1, 0.15) is 5.75 Å². The number of rotatable bonds is 5. The van der Waals surface area contributed by atoms with E-state index in [9.17, 15) is 13.6 Å². The van der Waals surface area contributed by atoms with Gasteiger partial charge >= 0.3 is 6.61 Å². The summed E-state index contributed by atoms with van der Waals surface area (Å²) < 4.78 is 28.5. The van der Waals surface area contributed by atoms with Gasteiger partial charge in [-0.1, -0.05) is 23.7 Å². The Kier molecular flexibility index (Phi) is 4.22. The summed E-state index contributed by atoms with van der Waals surface area (Å²) in [7, 11) is 0. The number of carbonyl (C=O) groups is 1. The highest BCUT2D eigenvalue weighted by Crippen LogP contribution is 2.49. The molecule has 0 aromatic heterocycles. The normalized spacial score (nSPS) is 15.3. The number of alkyl halides is 2. The molecule has 120 valence electrons. The Hall–Kier alpha value is -2.14. The van der Waals surface area contributed by atoms with Gasteiger partial charge in [-0.3, -0.25) is 4.79 Å². The molecule has 0 radical (unpaired) electrons. The van der Waals surface area contributed by atoms with Gasteiger partial charge in [0.05, 0.1) is 5.41 Å². The van der Waals surface area contributed by atoms with Gasteiger partial charge in [0, 0.05) is 10.7 Å². The first kappa shape index (κ1) is 15.7. The highest BCUT2D eigenvalue weighted by Gasteiger charge is 2.51. The zero-order valence-electron chi connectivity index (χ0n) is 12.1. The lowest BCUT2D eigenvalue weighted by atomic mass is 9.95. The number of benzene rings is 2. The summed E-state index contributed by atoms with van der Waals surface area (Å²) in [6.07, 6.45) is 1.54. The molecule has 0 aliphatic heterocycles. The smallest absolute Gasteiger partial charge is 0.387 e. The third-order valence-electron chi connectivity index (χ3n) is 3.92. The molecule has 1 amide bonds. The van der Waals surface area contributed by atoms with E-state index in [1.54, 1.807) is 12.1 Å². The average molecular weight is 338 g/mol. The number of amides is 1. The summed E-state index contributed by atoms with van der Waals surface area (Å²) in [5.41, 5.74) is 0.942. The number of halogens is 3. The van der Waals surface area contributed by atoms with Gasteiger partial charge in [-0.25, -0.2) is 0 Å². The van der Waals surface area contributed by atoms with E-state index < -0.39 is 12.0 Å². The monoisotopic (exact) mass is 337 g/mol. The Morgan fingerprint density at radius 2 is 1.70 bits per heavy atom. The van der Waals surface area contributed by atoms with Crippen LogP contribution in [0, 0.1) is 0 Å². The van der Waals surface area contributed by atoms with Gasteiger partial charge in [0.15, 0.2) is 0 Å². The minimum atomic E-state index is -2.87. The molecular weight excluding hydrogens is 324 g/mol. The van der Waals surface area contributed by atoms with E-state index in [2.05, 4.69) is 10.1 Å². The van der Waals surface area contributed by atoms with E-state index >= 15 is 0 Å². The minimum absolute atomic E-state index is 0.0526. The van der Waals surface area contributed by atoms with Crippen LogP contribution in [0.15, 0.2) is 48.5 Å². The van der Waals surface area contributed by atoms with Crippen LogP contribution in [0.4, 0.5) is 14.5 Å². The number of hydrogen-bond donors (Lipinski definition) is 1. The Labute approximate surface area is 137 Å². The van der Waals surface area contributed by atoms with Gasteiger partial charge in [-0.05, 0) is 54.8 Å². The lowest BCUT2D eigenvalue weighted by Crippen LogP contribution is -2.27. The van der Waals surface area contributed by atoms with E-state index in [1.165, 1.54) is 24.3 Å². The van der Waals surface area contributed by atoms with Crippen molar-refractivity contribution in [3.8, 4) is 5.75 Å². The topological polar surface area (TPSA) is 38.3 Å². The first-order chi connectivity index (χ1) is 11.0. The second kappa shape index (κ2) is 6.16. The average Bonchev–Trinajstić information content (AvgIpc) is 3.31. The van der Waals surface area contributed by atoms with Crippen molar-refractivity contribution in [3.63, 3.8) is 0 Å². The molecule has 0 atom stereocenters. The third-order valence-corrected chi connectivity index (χ3v) is 4.17. The van der Waals surface area contributed by atoms with Crippen LogP contribution in [0.25, 0.3) is 0 Å². The maximum absolute atomic E-state index is 12.5. The van der Waals surface area contributed by atoms with Crippen LogP contribution in [0.1, 0.15) is 18.4 Å². The van der Waals surface area contributed by atoms with Crippen molar-refractivity contribution in [3.05, 3.63) is 59.1 Å². The fourth-order valence-electron chi connectivity index (χ4n) is 2.51. The third kappa shape index (κ3) is 3.45. The van der Waals surface area contributed by atoms with Gasteiger partial charge in [0.2, 0.25) is 5.91 Å². The van der Waals surface area contributed by atoms with Crippen LogP contribution in [-0.2, 0) is 10.2 Å². The molecule has 2 aromatic carbocycles.